The second-order valence-electron chi connectivity index (χ2n) is 3.71. The molecule has 0 spiro atoms. The third-order valence-corrected chi connectivity index (χ3v) is 2.25. The molecule has 0 saturated carbocycles. The van der Waals surface area contributed by atoms with Crippen molar-refractivity contribution in [3.8, 4) is 0 Å². The average molecular weight is 185 g/mol. The van der Waals surface area contributed by atoms with Crippen LogP contribution in [-0.2, 0) is 9.53 Å². The van der Waals surface area contributed by atoms with Gasteiger partial charge in [-0.25, -0.2) is 0 Å². The summed E-state index contributed by atoms with van der Waals surface area (Å²) in [6.45, 7) is 7.27. The topological polar surface area (TPSA) is 29.5 Å². The maximum absolute atomic E-state index is 11.3. The van der Waals surface area contributed by atoms with Crippen LogP contribution in [0.1, 0.15) is 26.7 Å². The van der Waals surface area contributed by atoms with Gasteiger partial charge in [0, 0.05) is 19.5 Å². The van der Waals surface area contributed by atoms with Gasteiger partial charge in [0.1, 0.15) is 5.78 Å². The van der Waals surface area contributed by atoms with Crippen LogP contribution in [0.15, 0.2) is 0 Å². The summed E-state index contributed by atoms with van der Waals surface area (Å²) in [4.78, 5) is 13.5. The molecule has 1 aliphatic heterocycles. The molecule has 0 aromatic rings. The van der Waals surface area contributed by atoms with Gasteiger partial charge in [0.25, 0.3) is 0 Å². The van der Waals surface area contributed by atoms with Gasteiger partial charge in [0.15, 0.2) is 0 Å². The first-order valence-corrected chi connectivity index (χ1v) is 5.08. The summed E-state index contributed by atoms with van der Waals surface area (Å²) in [5.41, 5.74) is 0. The zero-order valence-electron chi connectivity index (χ0n) is 8.58. The Morgan fingerprint density at radius 1 is 1.62 bits per heavy atom. The number of rotatable bonds is 4. The lowest BCUT2D eigenvalue weighted by Crippen LogP contribution is -2.43. The lowest BCUT2D eigenvalue weighted by molar-refractivity contribution is -0.122. The van der Waals surface area contributed by atoms with E-state index in [9.17, 15) is 4.79 Å². The standard InChI is InChI=1S/C10H19NO2/c1-3-4-10(12)8-11-5-6-13-9(2)7-11/h9H,3-8H2,1-2H3. The van der Waals surface area contributed by atoms with Gasteiger partial charge < -0.3 is 4.74 Å². The first-order chi connectivity index (χ1) is 6.22. The molecule has 0 amide bonds. The molecule has 0 aromatic carbocycles. The monoisotopic (exact) mass is 185 g/mol. The maximum Gasteiger partial charge on any atom is 0.146 e. The summed E-state index contributed by atoms with van der Waals surface area (Å²) >= 11 is 0. The van der Waals surface area contributed by atoms with Crippen LogP contribution in [-0.4, -0.2) is 43.0 Å². The minimum Gasteiger partial charge on any atom is -0.376 e. The molecule has 1 rings (SSSR count). The molecule has 0 aliphatic carbocycles. The molecule has 0 aromatic heterocycles. The van der Waals surface area contributed by atoms with E-state index in [1.54, 1.807) is 0 Å². The highest BCUT2D eigenvalue weighted by molar-refractivity contribution is 5.80. The first kappa shape index (κ1) is 10.7. The van der Waals surface area contributed by atoms with E-state index in [2.05, 4.69) is 11.8 Å². The van der Waals surface area contributed by atoms with Crippen molar-refractivity contribution >= 4 is 5.78 Å². The van der Waals surface area contributed by atoms with Gasteiger partial charge in [-0.05, 0) is 13.3 Å². The van der Waals surface area contributed by atoms with Crippen molar-refractivity contribution in [1.82, 2.24) is 4.90 Å². The molecule has 1 unspecified atom stereocenters. The molecule has 1 saturated heterocycles. The van der Waals surface area contributed by atoms with E-state index >= 15 is 0 Å². The van der Waals surface area contributed by atoms with Crippen molar-refractivity contribution in [1.29, 1.82) is 0 Å². The van der Waals surface area contributed by atoms with Crippen LogP contribution in [0.4, 0.5) is 0 Å². The molecule has 3 heteroatoms. The Bertz CT molecular complexity index is 170. The van der Waals surface area contributed by atoms with E-state index in [0.29, 0.717) is 18.7 Å². The molecular formula is C10H19NO2. The summed E-state index contributed by atoms with van der Waals surface area (Å²) in [6, 6.07) is 0. The third-order valence-electron chi connectivity index (χ3n) is 2.25. The molecule has 3 nitrogen and oxygen atoms in total. The Balaban J connectivity index is 2.23. The second kappa shape index (κ2) is 5.35. The van der Waals surface area contributed by atoms with Gasteiger partial charge >= 0.3 is 0 Å². The lowest BCUT2D eigenvalue weighted by Gasteiger charge is -2.30. The SMILES string of the molecule is CCCC(=O)CN1CCOC(C)C1. The van der Waals surface area contributed by atoms with Crippen molar-refractivity contribution in [2.75, 3.05) is 26.2 Å². The van der Waals surface area contributed by atoms with Crippen LogP contribution in [0.3, 0.4) is 0 Å². The Morgan fingerprint density at radius 2 is 2.38 bits per heavy atom. The van der Waals surface area contributed by atoms with Crippen LogP contribution in [0.5, 0.6) is 0 Å². The van der Waals surface area contributed by atoms with Crippen LogP contribution in [0, 0.1) is 0 Å². The molecule has 13 heavy (non-hydrogen) atoms. The van der Waals surface area contributed by atoms with Crippen LogP contribution < -0.4 is 0 Å². The zero-order chi connectivity index (χ0) is 9.68. The van der Waals surface area contributed by atoms with Crippen LogP contribution in [0.25, 0.3) is 0 Å². The number of morpholine rings is 1. The molecule has 76 valence electrons. The molecular weight excluding hydrogens is 166 g/mol. The highest BCUT2D eigenvalue weighted by Crippen LogP contribution is 2.04. The molecule has 1 fully saturated rings. The largest absolute Gasteiger partial charge is 0.376 e. The van der Waals surface area contributed by atoms with E-state index in [0.717, 1.165) is 26.1 Å². The van der Waals surface area contributed by atoms with Crippen molar-refractivity contribution in [3.05, 3.63) is 0 Å². The van der Waals surface area contributed by atoms with E-state index in [1.165, 1.54) is 0 Å². The molecule has 1 heterocycles. The van der Waals surface area contributed by atoms with E-state index < -0.39 is 0 Å². The number of Topliss-reactive ketones (excluding diaryl/α,β-unsaturated/α-hetero) is 1. The number of hydrogen-bond donors (Lipinski definition) is 0. The minimum absolute atomic E-state index is 0.281. The lowest BCUT2D eigenvalue weighted by atomic mass is 10.2. The van der Waals surface area contributed by atoms with Gasteiger partial charge in [0.05, 0.1) is 19.3 Å². The number of hydrogen-bond acceptors (Lipinski definition) is 3. The quantitative estimate of drug-likeness (QED) is 0.656. The summed E-state index contributed by atoms with van der Waals surface area (Å²) in [5, 5.41) is 0. The van der Waals surface area contributed by atoms with Crippen LogP contribution >= 0.6 is 0 Å². The fourth-order valence-electron chi connectivity index (χ4n) is 1.64. The van der Waals surface area contributed by atoms with Gasteiger partial charge in [-0.2, -0.15) is 0 Å². The molecule has 0 N–H and O–H groups in total. The van der Waals surface area contributed by atoms with Crippen molar-refractivity contribution in [2.24, 2.45) is 0 Å². The summed E-state index contributed by atoms with van der Waals surface area (Å²) in [5.74, 6) is 0.358. The van der Waals surface area contributed by atoms with E-state index in [1.807, 2.05) is 6.92 Å². The summed E-state index contributed by atoms with van der Waals surface area (Å²) < 4.78 is 5.40. The van der Waals surface area contributed by atoms with Crippen molar-refractivity contribution < 1.29 is 9.53 Å². The summed E-state index contributed by atoms with van der Waals surface area (Å²) in [7, 11) is 0. The normalized spacial score (nSPS) is 24.6. The highest BCUT2D eigenvalue weighted by atomic mass is 16.5. The van der Waals surface area contributed by atoms with E-state index in [4.69, 9.17) is 4.74 Å². The van der Waals surface area contributed by atoms with Gasteiger partial charge in [0.2, 0.25) is 0 Å². The number of nitrogens with zero attached hydrogens (tertiary/aromatic N) is 1. The van der Waals surface area contributed by atoms with Gasteiger partial charge in [-0.1, -0.05) is 6.92 Å². The smallest absolute Gasteiger partial charge is 0.146 e. The third kappa shape index (κ3) is 3.87. The maximum atomic E-state index is 11.3. The molecule has 1 atom stereocenters. The molecule has 0 radical (unpaired) electrons. The number of ketones is 1. The Morgan fingerprint density at radius 3 is 3.00 bits per heavy atom. The van der Waals surface area contributed by atoms with E-state index in [-0.39, 0.29) is 6.10 Å². The zero-order valence-corrected chi connectivity index (χ0v) is 8.58. The second-order valence-corrected chi connectivity index (χ2v) is 3.71. The summed E-state index contributed by atoms with van der Waals surface area (Å²) in [6.07, 6.45) is 1.95. The highest BCUT2D eigenvalue weighted by Gasteiger charge is 2.18. The Kier molecular flexibility index (Phi) is 4.39. The Hall–Kier alpha value is -0.410. The number of ether oxygens (including phenoxy) is 1. The fourth-order valence-corrected chi connectivity index (χ4v) is 1.64. The number of carbonyl (C=O) groups is 1. The van der Waals surface area contributed by atoms with Gasteiger partial charge in [-0.15, -0.1) is 0 Å². The van der Waals surface area contributed by atoms with Crippen LogP contribution in [0.2, 0.25) is 0 Å². The van der Waals surface area contributed by atoms with Crippen molar-refractivity contribution in [3.63, 3.8) is 0 Å². The fraction of sp³-hybridized carbons (Fsp3) is 0.900. The minimum atomic E-state index is 0.281. The Labute approximate surface area is 80.1 Å². The first-order valence-electron chi connectivity index (χ1n) is 5.08. The molecule has 0 bridgehead atoms. The predicted octanol–water partition coefficient (Wildman–Crippen LogP) is 1.08. The van der Waals surface area contributed by atoms with Gasteiger partial charge in [-0.3, -0.25) is 9.69 Å². The average Bonchev–Trinajstić information content (AvgIpc) is 2.04. The molecule has 1 aliphatic rings. The predicted molar refractivity (Wildman–Crippen MR) is 51.8 cm³/mol. The van der Waals surface area contributed by atoms with Crippen molar-refractivity contribution in [2.45, 2.75) is 32.8 Å². The number of carbonyl (C=O) groups excluding carboxylic acids is 1.